The molecule has 5 heteroatoms. The van der Waals surface area contributed by atoms with Gasteiger partial charge in [-0.05, 0) is 18.9 Å². The van der Waals surface area contributed by atoms with Crippen molar-refractivity contribution in [3.63, 3.8) is 0 Å². The van der Waals surface area contributed by atoms with Crippen LogP contribution in [0.25, 0.3) is 0 Å². The lowest BCUT2D eigenvalue weighted by Gasteiger charge is -2.23. The average molecular weight is 276 g/mol. The maximum atomic E-state index is 12.5. The predicted molar refractivity (Wildman–Crippen MR) is 74.0 cm³/mol. The van der Waals surface area contributed by atoms with Gasteiger partial charge in [-0.25, -0.2) is 4.98 Å². The van der Waals surface area contributed by atoms with E-state index in [1.807, 2.05) is 13.8 Å². The molecule has 0 aliphatic carbocycles. The number of methoxy groups -OCH3 is 1. The fourth-order valence-electron chi connectivity index (χ4n) is 2.64. The van der Waals surface area contributed by atoms with Gasteiger partial charge < -0.3 is 4.74 Å². The summed E-state index contributed by atoms with van der Waals surface area (Å²) in [6.45, 7) is 4.14. The van der Waals surface area contributed by atoms with Crippen LogP contribution in [0, 0.1) is 5.41 Å². The molecular formula is C15H20N2O3. The van der Waals surface area contributed by atoms with Gasteiger partial charge in [-0.15, -0.1) is 0 Å². The van der Waals surface area contributed by atoms with Crippen molar-refractivity contribution in [3.8, 4) is 5.88 Å². The molecule has 2 rings (SSSR count). The Balaban J connectivity index is 2.21. The first-order valence-electron chi connectivity index (χ1n) is 6.91. The molecule has 0 atom stereocenters. The van der Waals surface area contributed by atoms with Gasteiger partial charge in [-0.2, -0.15) is 0 Å². The molecule has 0 spiro atoms. The van der Waals surface area contributed by atoms with Crippen molar-refractivity contribution in [2.75, 3.05) is 7.11 Å². The van der Waals surface area contributed by atoms with E-state index in [1.54, 1.807) is 18.2 Å². The maximum absolute atomic E-state index is 12.5. The molecule has 0 radical (unpaired) electrons. The van der Waals surface area contributed by atoms with Crippen molar-refractivity contribution in [1.82, 2.24) is 9.88 Å². The molecule has 2 amide bonds. The number of ether oxygens (including phenoxy) is 1. The van der Waals surface area contributed by atoms with Gasteiger partial charge in [0.2, 0.25) is 17.7 Å². The van der Waals surface area contributed by atoms with Crippen LogP contribution in [0.15, 0.2) is 18.2 Å². The standard InChI is InChI=1S/C15H20N2O3/c1-4-15(5-2)9-13(18)17(14(15)19)10-11-7-6-8-12(16-11)20-3/h6-8H,4-5,9-10H2,1-3H3. The number of imide groups is 1. The molecule has 2 heterocycles. The first-order chi connectivity index (χ1) is 9.56. The van der Waals surface area contributed by atoms with Crippen LogP contribution in [0.3, 0.4) is 0 Å². The number of rotatable bonds is 5. The van der Waals surface area contributed by atoms with E-state index in [4.69, 9.17) is 4.74 Å². The highest BCUT2D eigenvalue weighted by Gasteiger charge is 2.48. The Kier molecular flexibility index (Phi) is 4.06. The molecule has 108 valence electrons. The summed E-state index contributed by atoms with van der Waals surface area (Å²) in [6.07, 6.45) is 1.69. The number of carbonyl (C=O) groups is 2. The topological polar surface area (TPSA) is 59.5 Å². The van der Waals surface area contributed by atoms with Crippen molar-refractivity contribution in [2.24, 2.45) is 5.41 Å². The number of aromatic nitrogens is 1. The predicted octanol–water partition coefficient (Wildman–Crippen LogP) is 2.16. The fraction of sp³-hybridized carbons (Fsp3) is 0.533. The Morgan fingerprint density at radius 1 is 1.30 bits per heavy atom. The van der Waals surface area contributed by atoms with Crippen molar-refractivity contribution in [2.45, 2.75) is 39.7 Å². The lowest BCUT2D eigenvalue weighted by atomic mass is 9.81. The molecule has 1 aliphatic heterocycles. The Morgan fingerprint density at radius 3 is 2.55 bits per heavy atom. The quantitative estimate of drug-likeness (QED) is 0.773. The Labute approximate surface area is 118 Å². The molecule has 0 N–H and O–H groups in total. The van der Waals surface area contributed by atoms with E-state index in [1.165, 1.54) is 12.0 Å². The molecule has 20 heavy (non-hydrogen) atoms. The van der Waals surface area contributed by atoms with Crippen LogP contribution >= 0.6 is 0 Å². The molecular weight excluding hydrogens is 256 g/mol. The number of amides is 2. The average Bonchev–Trinajstić information content (AvgIpc) is 2.72. The van der Waals surface area contributed by atoms with E-state index >= 15 is 0 Å². The van der Waals surface area contributed by atoms with Crippen LogP contribution in [0.4, 0.5) is 0 Å². The third-order valence-electron chi connectivity index (χ3n) is 4.15. The monoisotopic (exact) mass is 276 g/mol. The number of nitrogens with zero attached hydrogens (tertiary/aromatic N) is 2. The summed E-state index contributed by atoms with van der Waals surface area (Å²) in [5.41, 5.74) is 0.143. The highest BCUT2D eigenvalue weighted by Crippen LogP contribution is 2.39. The molecule has 5 nitrogen and oxygen atoms in total. The number of pyridine rings is 1. The number of likely N-dealkylation sites (tertiary alicyclic amines) is 1. The summed E-state index contributed by atoms with van der Waals surface area (Å²) >= 11 is 0. The minimum atomic E-state index is -0.518. The Hall–Kier alpha value is -1.91. The van der Waals surface area contributed by atoms with Crippen LogP contribution in [0.2, 0.25) is 0 Å². The van der Waals surface area contributed by atoms with Crippen LogP contribution < -0.4 is 4.74 Å². The fourth-order valence-corrected chi connectivity index (χ4v) is 2.64. The van der Waals surface area contributed by atoms with E-state index in [2.05, 4.69) is 4.98 Å². The zero-order valence-corrected chi connectivity index (χ0v) is 12.2. The van der Waals surface area contributed by atoms with Crippen LogP contribution in [-0.2, 0) is 16.1 Å². The van der Waals surface area contributed by atoms with Gasteiger partial charge in [0.15, 0.2) is 0 Å². The molecule has 1 aliphatic rings. The first-order valence-corrected chi connectivity index (χ1v) is 6.91. The van der Waals surface area contributed by atoms with E-state index in [9.17, 15) is 9.59 Å². The maximum Gasteiger partial charge on any atom is 0.236 e. The SMILES string of the molecule is CCC1(CC)CC(=O)N(Cc2cccc(OC)n2)C1=O. The summed E-state index contributed by atoms with van der Waals surface area (Å²) in [5, 5.41) is 0. The number of hydrogen-bond donors (Lipinski definition) is 0. The highest BCUT2D eigenvalue weighted by molar-refractivity contribution is 6.05. The molecule has 0 bridgehead atoms. The zero-order valence-electron chi connectivity index (χ0n) is 12.2. The third kappa shape index (κ3) is 2.40. The minimum Gasteiger partial charge on any atom is -0.481 e. The lowest BCUT2D eigenvalue weighted by Crippen LogP contribution is -2.35. The zero-order chi connectivity index (χ0) is 14.8. The second-order valence-electron chi connectivity index (χ2n) is 5.12. The molecule has 1 aromatic heterocycles. The van der Waals surface area contributed by atoms with Gasteiger partial charge in [-0.3, -0.25) is 14.5 Å². The first kappa shape index (κ1) is 14.5. The molecule has 1 fully saturated rings. The lowest BCUT2D eigenvalue weighted by molar-refractivity contribution is -0.142. The highest BCUT2D eigenvalue weighted by atomic mass is 16.5. The normalized spacial score (nSPS) is 17.6. The van der Waals surface area contributed by atoms with Gasteiger partial charge in [0.05, 0.1) is 24.8 Å². The largest absolute Gasteiger partial charge is 0.481 e. The summed E-state index contributed by atoms with van der Waals surface area (Å²) in [7, 11) is 1.54. The minimum absolute atomic E-state index is 0.0721. The smallest absolute Gasteiger partial charge is 0.236 e. The van der Waals surface area contributed by atoms with Gasteiger partial charge in [0, 0.05) is 12.5 Å². The van der Waals surface area contributed by atoms with Crippen LogP contribution in [0.5, 0.6) is 5.88 Å². The number of carbonyl (C=O) groups excluding carboxylic acids is 2. The molecule has 0 unspecified atom stereocenters. The van der Waals surface area contributed by atoms with Crippen molar-refractivity contribution in [1.29, 1.82) is 0 Å². The third-order valence-corrected chi connectivity index (χ3v) is 4.15. The summed E-state index contributed by atoms with van der Waals surface area (Å²) in [4.78, 5) is 30.2. The molecule has 1 saturated heterocycles. The van der Waals surface area contributed by atoms with Crippen molar-refractivity contribution < 1.29 is 14.3 Å². The van der Waals surface area contributed by atoms with E-state index < -0.39 is 5.41 Å². The molecule has 0 saturated carbocycles. The van der Waals surface area contributed by atoms with E-state index in [0.29, 0.717) is 30.8 Å². The van der Waals surface area contributed by atoms with Crippen molar-refractivity contribution >= 4 is 11.8 Å². The number of hydrogen-bond acceptors (Lipinski definition) is 4. The van der Waals surface area contributed by atoms with Crippen molar-refractivity contribution in [3.05, 3.63) is 23.9 Å². The van der Waals surface area contributed by atoms with Crippen LogP contribution in [-0.4, -0.2) is 28.8 Å². The van der Waals surface area contributed by atoms with Gasteiger partial charge in [0.1, 0.15) is 0 Å². The summed E-state index contributed by atoms with van der Waals surface area (Å²) in [5.74, 6) is 0.305. The molecule has 1 aromatic rings. The Bertz CT molecular complexity index is 524. The second kappa shape index (κ2) is 5.61. The van der Waals surface area contributed by atoms with Crippen LogP contribution in [0.1, 0.15) is 38.8 Å². The van der Waals surface area contributed by atoms with Gasteiger partial charge in [0.25, 0.3) is 0 Å². The Morgan fingerprint density at radius 2 is 2.00 bits per heavy atom. The van der Waals surface area contributed by atoms with E-state index in [-0.39, 0.29) is 18.4 Å². The molecule has 0 aromatic carbocycles. The second-order valence-corrected chi connectivity index (χ2v) is 5.12. The van der Waals surface area contributed by atoms with E-state index in [0.717, 1.165) is 0 Å². The van der Waals surface area contributed by atoms with Gasteiger partial charge in [-0.1, -0.05) is 19.9 Å². The summed E-state index contributed by atoms with van der Waals surface area (Å²) in [6, 6.07) is 5.33. The van der Waals surface area contributed by atoms with Gasteiger partial charge >= 0.3 is 0 Å². The summed E-state index contributed by atoms with van der Waals surface area (Å²) < 4.78 is 5.06.